The molecule has 9 heteroatoms. The molecule has 0 aromatic heterocycles. The minimum atomic E-state index is -3.84. The van der Waals surface area contributed by atoms with E-state index >= 15 is 0 Å². The molecule has 0 saturated heterocycles. The maximum Gasteiger partial charge on any atom is 0.377 e. The highest BCUT2D eigenvalue weighted by atomic mass is 35.5. The third-order valence-electron chi connectivity index (χ3n) is 5.14. The molecule has 1 unspecified atom stereocenters. The van der Waals surface area contributed by atoms with Crippen LogP contribution < -0.4 is 5.43 Å². The first-order chi connectivity index (χ1) is 13.4. The summed E-state index contributed by atoms with van der Waals surface area (Å²) in [5.41, 5.74) is 2.03. The number of hydrogen-bond acceptors (Lipinski definition) is 7. The van der Waals surface area contributed by atoms with Crippen LogP contribution in [-0.2, 0) is 13.6 Å². The van der Waals surface area contributed by atoms with Crippen LogP contribution in [0.4, 0.5) is 0 Å². The highest BCUT2D eigenvalue weighted by Crippen LogP contribution is 2.58. The summed E-state index contributed by atoms with van der Waals surface area (Å²) in [7, 11) is -1.39. The van der Waals surface area contributed by atoms with E-state index in [4.69, 9.17) is 20.6 Å². The summed E-state index contributed by atoms with van der Waals surface area (Å²) < 4.78 is 23.4. The predicted octanol–water partition coefficient (Wildman–Crippen LogP) is 3.64. The lowest BCUT2D eigenvalue weighted by Gasteiger charge is -2.29. The maximum atomic E-state index is 13.4. The van der Waals surface area contributed by atoms with Crippen LogP contribution in [0.1, 0.15) is 32.2 Å². The molecule has 1 aliphatic carbocycles. The second kappa shape index (κ2) is 6.64. The van der Waals surface area contributed by atoms with Crippen LogP contribution in [0.3, 0.4) is 0 Å². The van der Waals surface area contributed by atoms with Gasteiger partial charge in [-0.3, -0.25) is 19.6 Å². The zero-order valence-electron chi connectivity index (χ0n) is 15.0. The summed E-state index contributed by atoms with van der Waals surface area (Å²) in [6.07, 6.45) is 0. The summed E-state index contributed by atoms with van der Waals surface area (Å²) >= 11 is 6.00. The molecule has 0 amide bonds. The highest BCUT2D eigenvalue weighted by Gasteiger charge is 2.65. The molecule has 1 N–H and O–H groups in total. The van der Waals surface area contributed by atoms with Crippen LogP contribution in [0.25, 0.3) is 0 Å². The first-order valence-electron chi connectivity index (χ1n) is 8.40. The van der Waals surface area contributed by atoms with E-state index in [2.05, 4.69) is 10.5 Å². The van der Waals surface area contributed by atoms with Gasteiger partial charge in [0.15, 0.2) is 22.6 Å². The summed E-state index contributed by atoms with van der Waals surface area (Å²) in [6.45, 7) is 0. The summed E-state index contributed by atoms with van der Waals surface area (Å²) in [6, 6.07) is 13.1. The molecular weight excluding hydrogens is 403 g/mol. The fraction of sp³-hybridized carbons (Fsp3) is 0.211. The number of ketones is 2. The Bertz CT molecular complexity index is 1020. The molecule has 1 spiro atoms. The average Bonchev–Trinajstić information content (AvgIpc) is 3.23. The van der Waals surface area contributed by atoms with Gasteiger partial charge in [0.25, 0.3) is 0 Å². The first kappa shape index (κ1) is 19.0. The molecule has 1 heterocycles. The standard InChI is InChI=1S/C19H16ClN2O5P/c1-26-28(25,27-2)18-15(11-7-9-12(20)10-8-11)19(22-21-18)16(23)13-5-3-4-6-14(13)17(19)24/h3-10,15,22H,1-2H3. The number of carbonyl (C=O) groups excluding carboxylic acids is 2. The molecule has 2 aliphatic rings. The molecule has 0 saturated carbocycles. The largest absolute Gasteiger partial charge is 0.377 e. The number of benzene rings is 2. The molecule has 1 atom stereocenters. The van der Waals surface area contributed by atoms with Crippen molar-refractivity contribution in [3.8, 4) is 0 Å². The second-order valence-corrected chi connectivity index (χ2v) is 9.06. The molecule has 4 rings (SSSR count). The van der Waals surface area contributed by atoms with Crippen molar-refractivity contribution < 1.29 is 23.2 Å². The van der Waals surface area contributed by atoms with Gasteiger partial charge in [0.2, 0.25) is 0 Å². The van der Waals surface area contributed by atoms with Crippen molar-refractivity contribution in [2.45, 2.75) is 11.5 Å². The lowest BCUT2D eigenvalue weighted by Crippen LogP contribution is -2.54. The van der Waals surface area contributed by atoms with E-state index < -0.39 is 30.6 Å². The zero-order valence-corrected chi connectivity index (χ0v) is 16.7. The van der Waals surface area contributed by atoms with Crippen LogP contribution in [0.2, 0.25) is 5.02 Å². The van der Waals surface area contributed by atoms with Gasteiger partial charge in [-0.2, -0.15) is 5.10 Å². The topological polar surface area (TPSA) is 94.1 Å². The molecular formula is C19H16ClN2O5P. The molecule has 0 radical (unpaired) electrons. The normalized spacial score (nSPS) is 20.2. The summed E-state index contributed by atoms with van der Waals surface area (Å²) in [4.78, 5) is 26.8. The quantitative estimate of drug-likeness (QED) is 0.601. The van der Waals surface area contributed by atoms with Crippen LogP contribution in [-0.4, -0.2) is 36.8 Å². The Morgan fingerprint density at radius 3 is 2.04 bits per heavy atom. The SMILES string of the molecule is COP(=O)(OC)C1=NNC2(C(=O)c3ccccc3C2=O)C1c1ccc(Cl)cc1. The van der Waals surface area contributed by atoms with Gasteiger partial charge < -0.3 is 9.05 Å². The van der Waals surface area contributed by atoms with Gasteiger partial charge in [-0.1, -0.05) is 48.0 Å². The van der Waals surface area contributed by atoms with E-state index in [0.29, 0.717) is 21.7 Å². The Kier molecular flexibility index (Phi) is 4.51. The van der Waals surface area contributed by atoms with Gasteiger partial charge in [0.05, 0.1) is 5.92 Å². The lowest BCUT2D eigenvalue weighted by molar-refractivity contribution is 0.0761. The van der Waals surface area contributed by atoms with Gasteiger partial charge in [-0.05, 0) is 17.7 Å². The Balaban J connectivity index is 1.94. The molecule has 28 heavy (non-hydrogen) atoms. The fourth-order valence-corrected chi connectivity index (χ4v) is 5.25. The summed E-state index contributed by atoms with van der Waals surface area (Å²) in [5, 5.41) is 4.61. The minimum Gasteiger partial charge on any atom is -0.308 e. The highest BCUT2D eigenvalue weighted by molar-refractivity contribution is 7.72. The smallest absolute Gasteiger partial charge is 0.308 e. The van der Waals surface area contributed by atoms with Crippen LogP contribution in [0.15, 0.2) is 53.6 Å². The fourth-order valence-electron chi connectivity index (χ4n) is 3.77. The molecule has 7 nitrogen and oxygen atoms in total. The van der Waals surface area contributed by atoms with E-state index in [9.17, 15) is 14.2 Å². The van der Waals surface area contributed by atoms with E-state index in [0.717, 1.165) is 0 Å². The third kappa shape index (κ3) is 2.44. The molecule has 0 fully saturated rings. The van der Waals surface area contributed by atoms with Gasteiger partial charge in [0.1, 0.15) is 0 Å². The van der Waals surface area contributed by atoms with Crippen LogP contribution in [0, 0.1) is 0 Å². The second-order valence-electron chi connectivity index (χ2n) is 6.44. The van der Waals surface area contributed by atoms with Gasteiger partial charge in [-0.15, -0.1) is 0 Å². The number of halogens is 1. The Morgan fingerprint density at radius 2 is 1.54 bits per heavy atom. The van der Waals surface area contributed by atoms with Gasteiger partial charge in [-0.25, -0.2) is 0 Å². The maximum absolute atomic E-state index is 13.4. The molecule has 144 valence electrons. The number of Topliss-reactive ketones (excluding diaryl/α,β-unsaturated/α-hetero) is 2. The molecule has 2 aromatic carbocycles. The number of nitrogens with zero attached hydrogens (tertiary/aromatic N) is 1. The van der Waals surface area contributed by atoms with E-state index in [-0.39, 0.29) is 5.45 Å². The van der Waals surface area contributed by atoms with Crippen molar-refractivity contribution in [3.63, 3.8) is 0 Å². The number of nitrogens with one attached hydrogen (secondary N) is 1. The van der Waals surface area contributed by atoms with E-state index in [1.165, 1.54) is 14.2 Å². The third-order valence-corrected chi connectivity index (χ3v) is 7.27. The molecule has 0 bridgehead atoms. The summed E-state index contributed by atoms with van der Waals surface area (Å²) in [5.74, 6) is -1.86. The molecule has 2 aromatic rings. The van der Waals surface area contributed by atoms with Crippen molar-refractivity contribution in [1.29, 1.82) is 0 Å². The van der Waals surface area contributed by atoms with E-state index in [1.54, 1.807) is 48.5 Å². The minimum absolute atomic E-state index is 0.0330. The van der Waals surface area contributed by atoms with Gasteiger partial charge in [0, 0.05) is 30.4 Å². The average molecular weight is 419 g/mol. The number of fused-ring (bicyclic) bond motifs is 1. The number of hydrazone groups is 1. The van der Waals surface area contributed by atoms with E-state index in [1.807, 2.05) is 0 Å². The van der Waals surface area contributed by atoms with Crippen molar-refractivity contribution in [3.05, 3.63) is 70.2 Å². The van der Waals surface area contributed by atoms with Crippen molar-refractivity contribution >= 4 is 36.2 Å². The number of hydrogen-bond donors (Lipinski definition) is 1. The van der Waals surface area contributed by atoms with Crippen LogP contribution in [0.5, 0.6) is 0 Å². The van der Waals surface area contributed by atoms with Crippen molar-refractivity contribution in [2.75, 3.05) is 14.2 Å². The van der Waals surface area contributed by atoms with Crippen molar-refractivity contribution in [1.82, 2.24) is 5.43 Å². The Labute approximate surface area is 166 Å². The van der Waals surface area contributed by atoms with Crippen molar-refractivity contribution in [2.24, 2.45) is 5.10 Å². The lowest BCUT2D eigenvalue weighted by atomic mass is 9.77. The Morgan fingerprint density at radius 1 is 1.00 bits per heavy atom. The van der Waals surface area contributed by atoms with Gasteiger partial charge >= 0.3 is 7.60 Å². The monoisotopic (exact) mass is 418 g/mol. The molecule has 1 aliphatic heterocycles. The zero-order chi connectivity index (χ0) is 20.1. The number of carbonyl (C=O) groups is 2. The van der Waals surface area contributed by atoms with Crippen LogP contribution >= 0.6 is 19.2 Å². The first-order valence-corrected chi connectivity index (χ1v) is 10.3. The predicted molar refractivity (Wildman–Crippen MR) is 104 cm³/mol. The Hall–Kier alpha value is -2.31. The number of rotatable bonds is 4.